The topological polar surface area (TPSA) is 15.3 Å². The van der Waals surface area contributed by atoms with Crippen LogP contribution in [-0.2, 0) is 0 Å². The first kappa shape index (κ1) is 19.4. The zero-order valence-electron chi connectivity index (χ0n) is 12.4. The molecule has 1 atom stereocenters. The minimum atomic E-state index is -0.0954. The minimum absolute atomic E-state index is 0. The average molecular weight is 363 g/mol. The van der Waals surface area contributed by atoms with E-state index < -0.39 is 0 Å². The number of hydrogen-bond acceptors (Lipinski definition) is 3. The van der Waals surface area contributed by atoms with Gasteiger partial charge in [-0.1, -0.05) is 18.2 Å². The number of nitrogens with zero attached hydrogens (tertiary/aromatic N) is 1. The van der Waals surface area contributed by atoms with Gasteiger partial charge < -0.3 is 5.32 Å². The standard InChI is InChI=1S/C16H19FN2S.2ClH/c1-12-4-5-13(14(17)11-12)16(15-3-2-10-20-15)19-8-6-18-7-9-19;;/h2-5,10-11,16,18H,6-9H2,1H3;2*1H/t16-;;/m0../s1. The predicted octanol–water partition coefficient (Wildman–Crippen LogP) is 4.03. The number of benzene rings is 1. The summed E-state index contributed by atoms with van der Waals surface area (Å²) in [6.07, 6.45) is 0. The molecule has 122 valence electrons. The van der Waals surface area contributed by atoms with Gasteiger partial charge in [0.1, 0.15) is 5.82 Å². The fraction of sp³-hybridized carbons (Fsp3) is 0.375. The highest BCUT2D eigenvalue weighted by molar-refractivity contribution is 7.10. The molecular formula is C16H21Cl2FN2S. The molecule has 0 bridgehead atoms. The normalized spacial score (nSPS) is 16.5. The molecule has 2 heterocycles. The Kier molecular flexibility index (Phi) is 7.80. The van der Waals surface area contributed by atoms with Crippen LogP contribution in [0.4, 0.5) is 4.39 Å². The molecule has 6 heteroatoms. The van der Waals surface area contributed by atoms with Gasteiger partial charge in [-0.2, -0.15) is 0 Å². The quantitative estimate of drug-likeness (QED) is 0.886. The fourth-order valence-electron chi connectivity index (χ4n) is 2.77. The van der Waals surface area contributed by atoms with E-state index in [2.05, 4.69) is 21.7 Å². The molecule has 0 radical (unpaired) electrons. The highest BCUT2D eigenvalue weighted by atomic mass is 35.5. The Bertz CT molecular complexity index is 572. The Balaban J connectivity index is 0.00000121. The molecule has 0 saturated carbocycles. The lowest BCUT2D eigenvalue weighted by Crippen LogP contribution is -2.45. The van der Waals surface area contributed by atoms with E-state index in [1.807, 2.05) is 25.1 Å². The number of rotatable bonds is 3. The van der Waals surface area contributed by atoms with E-state index in [9.17, 15) is 4.39 Å². The molecule has 2 nitrogen and oxygen atoms in total. The first-order chi connectivity index (χ1) is 9.75. The molecule has 1 aliphatic rings. The largest absolute Gasteiger partial charge is 0.314 e. The molecule has 1 N–H and O–H groups in total. The van der Waals surface area contributed by atoms with E-state index in [1.165, 1.54) is 4.88 Å². The molecule has 1 aromatic carbocycles. The van der Waals surface area contributed by atoms with Gasteiger partial charge in [0.05, 0.1) is 6.04 Å². The van der Waals surface area contributed by atoms with Gasteiger partial charge in [-0.15, -0.1) is 36.2 Å². The van der Waals surface area contributed by atoms with E-state index >= 15 is 0 Å². The van der Waals surface area contributed by atoms with Crippen LogP contribution in [0.25, 0.3) is 0 Å². The van der Waals surface area contributed by atoms with Crippen LogP contribution in [0.2, 0.25) is 0 Å². The van der Waals surface area contributed by atoms with Crippen molar-refractivity contribution in [2.24, 2.45) is 0 Å². The maximum Gasteiger partial charge on any atom is 0.128 e. The summed E-state index contributed by atoms with van der Waals surface area (Å²) in [6.45, 7) is 5.77. The van der Waals surface area contributed by atoms with Crippen LogP contribution in [-0.4, -0.2) is 31.1 Å². The number of thiophene rings is 1. The predicted molar refractivity (Wildman–Crippen MR) is 96.2 cm³/mol. The van der Waals surface area contributed by atoms with Crippen LogP contribution in [0.5, 0.6) is 0 Å². The zero-order chi connectivity index (χ0) is 13.9. The van der Waals surface area contributed by atoms with Crippen molar-refractivity contribution in [3.8, 4) is 0 Å². The zero-order valence-corrected chi connectivity index (χ0v) is 14.9. The third kappa shape index (κ3) is 4.21. The fourth-order valence-corrected chi connectivity index (χ4v) is 3.65. The summed E-state index contributed by atoms with van der Waals surface area (Å²) in [5.74, 6) is -0.0954. The minimum Gasteiger partial charge on any atom is -0.314 e. The highest BCUT2D eigenvalue weighted by Gasteiger charge is 2.26. The molecule has 0 amide bonds. The summed E-state index contributed by atoms with van der Waals surface area (Å²) in [7, 11) is 0. The van der Waals surface area contributed by atoms with Crippen molar-refractivity contribution < 1.29 is 4.39 Å². The van der Waals surface area contributed by atoms with Crippen LogP contribution in [0, 0.1) is 12.7 Å². The van der Waals surface area contributed by atoms with Crippen LogP contribution >= 0.6 is 36.2 Å². The van der Waals surface area contributed by atoms with Gasteiger partial charge in [0, 0.05) is 36.6 Å². The maximum absolute atomic E-state index is 14.4. The monoisotopic (exact) mass is 362 g/mol. The second-order valence-electron chi connectivity index (χ2n) is 5.23. The van der Waals surface area contributed by atoms with Gasteiger partial charge >= 0.3 is 0 Å². The number of piperazine rings is 1. The Morgan fingerprint density at radius 2 is 1.91 bits per heavy atom. The number of hydrogen-bond donors (Lipinski definition) is 1. The molecule has 0 aliphatic carbocycles. The van der Waals surface area contributed by atoms with Crippen LogP contribution < -0.4 is 5.32 Å². The Morgan fingerprint density at radius 3 is 2.50 bits per heavy atom. The van der Waals surface area contributed by atoms with E-state index in [0.717, 1.165) is 37.3 Å². The van der Waals surface area contributed by atoms with Crippen molar-refractivity contribution in [3.05, 3.63) is 57.5 Å². The average Bonchev–Trinajstić information content (AvgIpc) is 2.97. The Hall–Kier alpha value is -0.650. The summed E-state index contributed by atoms with van der Waals surface area (Å²) in [4.78, 5) is 3.59. The molecule has 0 spiro atoms. The van der Waals surface area contributed by atoms with Crippen molar-refractivity contribution in [3.63, 3.8) is 0 Å². The van der Waals surface area contributed by atoms with E-state index in [1.54, 1.807) is 17.4 Å². The summed E-state index contributed by atoms with van der Waals surface area (Å²) in [5.41, 5.74) is 1.76. The Labute approximate surface area is 147 Å². The van der Waals surface area contributed by atoms with E-state index in [0.29, 0.717) is 0 Å². The Morgan fingerprint density at radius 1 is 1.18 bits per heavy atom. The molecule has 1 aromatic heterocycles. The van der Waals surface area contributed by atoms with Gasteiger partial charge in [-0.05, 0) is 30.0 Å². The molecule has 1 saturated heterocycles. The lowest BCUT2D eigenvalue weighted by molar-refractivity contribution is 0.197. The number of halogens is 3. The van der Waals surface area contributed by atoms with Crippen molar-refractivity contribution in [1.82, 2.24) is 10.2 Å². The van der Waals surface area contributed by atoms with E-state index in [-0.39, 0.29) is 36.7 Å². The lowest BCUT2D eigenvalue weighted by Gasteiger charge is -2.35. The third-order valence-electron chi connectivity index (χ3n) is 3.78. The van der Waals surface area contributed by atoms with Gasteiger partial charge in [0.2, 0.25) is 0 Å². The molecule has 0 unspecified atom stereocenters. The molecule has 2 aromatic rings. The SMILES string of the molecule is Cc1ccc([C@@H](c2cccs2)N2CCNCC2)c(F)c1.Cl.Cl. The second-order valence-corrected chi connectivity index (χ2v) is 6.21. The molecule has 1 aliphatic heterocycles. The lowest BCUT2D eigenvalue weighted by atomic mass is 10.0. The van der Waals surface area contributed by atoms with E-state index in [4.69, 9.17) is 0 Å². The van der Waals surface area contributed by atoms with Crippen LogP contribution in [0.3, 0.4) is 0 Å². The molecule has 3 rings (SSSR count). The summed E-state index contributed by atoms with van der Waals surface area (Å²) in [5, 5.41) is 5.42. The van der Waals surface area contributed by atoms with Gasteiger partial charge in [-0.25, -0.2) is 4.39 Å². The summed E-state index contributed by atoms with van der Waals surface area (Å²) in [6, 6.07) is 9.77. The van der Waals surface area contributed by atoms with Crippen molar-refractivity contribution in [2.75, 3.05) is 26.2 Å². The molecule has 1 fully saturated rings. The van der Waals surface area contributed by atoms with Gasteiger partial charge in [-0.3, -0.25) is 4.90 Å². The van der Waals surface area contributed by atoms with Crippen LogP contribution in [0.15, 0.2) is 35.7 Å². The smallest absolute Gasteiger partial charge is 0.128 e. The summed E-state index contributed by atoms with van der Waals surface area (Å²) < 4.78 is 14.4. The third-order valence-corrected chi connectivity index (χ3v) is 4.70. The van der Waals surface area contributed by atoms with Gasteiger partial charge in [0.25, 0.3) is 0 Å². The number of nitrogens with one attached hydrogen (secondary N) is 1. The first-order valence-electron chi connectivity index (χ1n) is 7.00. The highest BCUT2D eigenvalue weighted by Crippen LogP contribution is 2.33. The second kappa shape index (κ2) is 8.85. The summed E-state index contributed by atoms with van der Waals surface area (Å²) >= 11 is 1.70. The first-order valence-corrected chi connectivity index (χ1v) is 7.88. The van der Waals surface area contributed by atoms with Crippen molar-refractivity contribution in [1.29, 1.82) is 0 Å². The van der Waals surface area contributed by atoms with Crippen LogP contribution in [0.1, 0.15) is 22.0 Å². The van der Waals surface area contributed by atoms with Crippen molar-refractivity contribution in [2.45, 2.75) is 13.0 Å². The van der Waals surface area contributed by atoms with Crippen molar-refractivity contribution >= 4 is 36.2 Å². The number of aryl methyl sites for hydroxylation is 1. The maximum atomic E-state index is 14.4. The van der Waals surface area contributed by atoms with Gasteiger partial charge in [0.15, 0.2) is 0 Å². The molecular weight excluding hydrogens is 342 g/mol. The molecule has 22 heavy (non-hydrogen) atoms.